The largest absolute Gasteiger partial charge is 0.383 e. The fraction of sp³-hybridized carbons (Fsp3) is 0.269. The molecule has 3 aromatic rings. The molecule has 0 N–H and O–H groups in total. The standard InChI is InChI=1S/C26H29NO4S/c1-4-20(2)27(19-21-15-17-24(18-16-21)31-32(3,29)30)26(28)25(22-11-7-5-8-12-22)23-13-9-6-10-14-23/h5-18,20,25H,4,19H2,1-3H3. The first-order chi connectivity index (χ1) is 15.3. The Labute approximate surface area is 190 Å². The fourth-order valence-electron chi connectivity index (χ4n) is 3.63. The lowest BCUT2D eigenvalue weighted by molar-refractivity contribution is -0.134. The van der Waals surface area contributed by atoms with Gasteiger partial charge in [0.2, 0.25) is 5.91 Å². The van der Waals surface area contributed by atoms with E-state index in [9.17, 15) is 13.2 Å². The molecule has 0 saturated heterocycles. The molecule has 6 heteroatoms. The molecule has 5 nitrogen and oxygen atoms in total. The number of nitrogens with zero attached hydrogens (tertiary/aromatic N) is 1. The van der Waals surface area contributed by atoms with Gasteiger partial charge >= 0.3 is 10.1 Å². The van der Waals surface area contributed by atoms with Crippen molar-refractivity contribution in [2.75, 3.05) is 6.26 Å². The average Bonchev–Trinajstić information content (AvgIpc) is 2.78. The van der Waals surface area contributed by atoms with E-state index < -0.39 is 16.0 Å². The van der Waals surface area contributed by atoms with Crippen LogP contribution in [0.2, 0.25) is 0 Å². The smallest absolute Gasteiger partial charge is 0.306 e. The average molecular weight is 452 g/mol. The van der Waals surface area contributed by atoms with Crippen LogP contribution in [0.15, 0.2) is 84.9 Å². The maximum absolute atomic E-state index is 13.9. The second kappa shape index (κ2) is 10.5. The van der Waals surface area contributed by atoms with Crippen molar-refractivity contribution in [3.05, 3.63) is 102 Å². The molecule has 0 heterocycles. The summed E-state index contributed by atoms with van der Waals surface area (Å²) in [4.78, 5) is 15.8. The first-order valence-electron chi connectivity index (χ1n) is 10.7. The van der Waals surface area contributed by atoms with Crippen LogP contribution in [0.3, 0.4) is 0 Å². The van der Waals surface area contributed by atoms with Crippen LogP contribution < -0.4 is 4.18 Å². The second-order valence-corrected chi connectivity index (χ2v) is 9.48. The quantitative estimate of drug-likeness (QED) is 0.430. The number of carbonyl (C=O) groups is 1. The predicted octanol–water partition coefficient (Wildman–Crippen LogP) is 4.98. The minimum Gasteiger partial charge on any atom is -0.383 e. The minimum atomic E-state index is -3.58. The van der Waals surface area contributed by atoms with Crippen LogP contribution in [0.5, 0.6) is 5.75 Å². The topological polar surface area (TPSA) is 63.7 Å². The van der Waals surface area contributed by atoms with Gasteiger partial charge < -0.3 is 9.08 Å². The lowest BCUT2D eigenvalue weighted by Crippen LogP contribution is -2.41. The third-order valence-electron chi connectivity index (χ3n) is 5.44. The highest BCUT2D eigenvalue weighted by molar-refractivity contribution is 7.86. The molecule has 1 amide bonds. The van der Waals surface area contributed by atoms with E-state index in [4.69, 9.17) is 4.18 Å². The van der Waals surface area contributed by atoms with Gasteiger partial charge in [0.25, 0.3) is 0 Å². The van der Waals surface area contributed by atoms with Crippen molar-refractivity contribution in [1.29, 1.82) is 0 Å². The number of rotatable bonds is 9. The van der Waals surface area contributed by atoms with Gasteiger partial charge in [-0.05, 0) is 42.2 Å². The molecule has 0 spiro atoms. The van der Waals surface area contributed by atoms with Crippen molar-refractivity contribution in [2.24, 2.45) is 0 Å². The van der Waals surface area contributed by atoms with Gasteiger partial charge in [-0.1, -0.05) is 79.7 Å². The lowest BCUT2D eigenvalue weighted by Gasteiger charge is -2.33. The molecule has 0 aliphatic rings. The predicted molar refractivity (Wildman–Crippen MR) is 127 cm³/mol. The van der Waals surface area contributed by atoms with E-state index in [1.54, 1.807) is 24.3 Å². The molecule has 0 radical (unpaired) electrons. The molecule has 3 aromatic carbocycles. The van der Waals surface area contributed by atoms with Crippen molar-refractivity contribution < 1.29 is 17.4 Å². The molecule has 32 heavy (non-hydrogen) atoms. The summed E-state index contributed by atoms with van der Waals surface area (Å²) in [7, 11) is -3.58. The van der Waals surface area contributed by atoms with Crippen LogP contribution in [0.1, 0.15) is 42.9 Å². The van der Waals surface area contributed by atoms with Gasteiger partial charge in [0.15, 0.2) is 0 Å². The monoisotopic (exact) mass is 451 g/mol. The maximum atomic E-state index is 13.9. The van der Waals surface area contributed by atoms with E-state index in [0.29, 0.717) is 6.54 Å². The first kappa shape index (κ1) is 23.5. The molecule has 0 aliphatic heterocycles. The highest BCUT2D eigenvalue weighted by Crippen LogP contribution is 2.29. The van der Waals surface area contributed by atoms with Crippen LogP contribution in [-0.2, 0) is 21.5 Å². The zero-order chi connectivity index (χ0) is 23.1. The lowest BCUT2D eigenvalue weighted by atomic mass is 9.89. The minimum absolute atomic E-state index is 0.0318. The van der Waals surface area contributed by atoms with Gasteiger partial charge in [0.1, 0.15) is 5.75 Å². The molecule has 1 atom stereocenters. The van der Waals surface area contributed by atoms with Gasteiger partial charge in [-0.3, -0.25) is 4.79 Å². The Balaban J connectivity index is 1.92. The molecular weight excluding hydrogens is 422 g/mol. The van der Waals surface area contributed by atoms with Gasteiger partial charge in [-0.2, -0.15) is 8.42 Å². The number of hydrogen-bond acceptors (Lipinski definition) is 4. The van der Waals surface area contributed by atoms with Gasteiger partial charge in [0, 0.05) is 12.6 Å². The first-order valence-corrected chi connectivity index (χ1v) is 12.5. The van der Waals surface area contributed by atoms with Crippen molar-refractivity contribution in [1.82, 2.24) is 4.90 Å². The van der Waals surface area contributed by atoms with Crippen LogP contribution in [0.25, 0.3) is 0 Å². The SMILES string of the molecule is CCC(C)N(Cc1ccc(OS(C)(=O)=O)cc1)C(=O)C(c1ccccc1)c1ccccc1. The fourth-order valence-corrected chi connectivity index (χ4v) is 4.09. The zero-order valence-electron chi connectivity index (χ0n) is 18.6. The summed E-state index contributed by atoms with van der Waals surface area (Å²) in [6.45, 7) is 4.53. The maximum Gasteiger partial charge on any atom is 0.306 e. The summed E-state index contributed by atoms with van der Waals surface area (Å²) in [5.41, 5.74) is 2.81. The summed E-state index contributed by atoms with van der Waals surface area (Å²) in [6.07, 6.45) is 1.83. The number of benzene rings is 3. The van der Waals surface area contributed by atoms with E-state index in [0.717, 1.165) is 29.4 Å². The molecule has 0 fully saturated rings. The third-order valence-corrected chi connectivity index (χ3v) is 5.94. The van der Waals surface area contributed by atoms with Crippen LogP contribution >= 0.6 is 0 Å². The van der Waals surface area contributed by atoms with Gasteiger partial charge in [-0.15, -0.1) is 0 Å². The second-order valence-electron chi connectivity index (χ2n) is 7.91. The van der Waals surface area contributed by atoms with E-state index in [2.05, 4.69) is 6.92 Å². The van der Waals surface area contributed by atoms with E-state index >= 15 is 0 Å². The zero-order valence-corrected chi connectivity index (χ0v) is 19.5. The molecular formula is C26H29NO4S. The number of carbonyl (C=O) groups excluding carboxylic acids is 1. The molecule has 1 unspecified atom stereocenters. The Kier molecular flexibility index (Phi) is 7.70. The highest BCUT2D eigenvalue weighted by atomic mass is 32.2. The van der Waals surface area contributed by atoms with Gasteiger partial charge in [0.05, 0.1) is 12.2 Å². The highest BCUT2D eigenvalue weighted by Gasteiger charge is 2.29. The molecule has 168 valence electrons. The van der Waals surface area contributed by atoms with Gasteiger partial charge in [-0.25, -0.2) is 0 Å². The summed E-state index contributed by atoms with van der Waals surface area (Å²) in [5, 5.41) is 0. The normalized spacial score (nSPS) is 12.4. The van der Waals surface area contributed by atoms with Crippen LogP contribution in [0.4, 0.5) is 0 Å². The van der Waals surface area contributed by atoms with Crippen LogP contribution in [0, 0.1) is 0 Å². The Morgan fingerprint density at radius 3 is 1.81 bits per heavy atom. The third kappa shape index (κ3) is 6.20. The Hall–Kier alpha value is -3.12. The van der Waals surface area contributed by atoms with Crippen molar-refractivity contribution in [2.45, 2.75) is 38.8 Å². The van der Waals surface area contributed by atoms with Crippen molar-refractivity contribution in [3.63, 3.8) is 0 Å². The van der Waals surface area contributed by atoms with Crippen LogP contribution in [-0.4, -0.2) is 31.5 Å². The molecule has 0 saturated carbocycles. The molecule has 0 aliphatic carbocycles. The molecule has 3 rings (SSSR count). The molecule has 0 bridgehead atoms. The summed E-state index contributed by atoms with van der Waals surface area (Å²) in [5.74, 6) is -0.114. The van der Waals surface area contributed by atoms with Crippen molar-refractivity contribution >= 4 is 16.0 Å². The van der Waals surface area contributed by atoms with Crippen molar-refractivity contribution in [3.8, 4) is 5.75 Å². The number of amides is 1. The Morgan fingerprint density at radius 2 is 1.38 bits per heavy atom. The van der Waals surface area contributed by atoms with E-state index in [1.165, 1.54) is 0 Å². The molecule has 0 aromatic heterocycles. The van der Waals surface area contributed by atoms with E-state index in [1.807, 2.05) is 72.5 Å². The Bertz CT molecular complexity index is 1070. The summed E-state index contributed by atoms with van der Waals surface area (Å²) in [6, 6.07) is 26.5. The summed E-state index contributed by atoms with van der Waals surface area (Å²) >= 11 is 0. The Morgan fingerprint density at radius 1 is 0.875 bits per heavy atom. The number of hydrogen-bond donors (Lipinski definition) is 0. The summed E-state index contributed by atoms with van der Waals surface area (Å²) < 4.78 is 27.6. The van der Waals surface area contributed by atoms with E-state index in [-0.39, 0.29) is 17.7 Å².